The Bertz CT molecular complexity index is 1000. The highest BCUT2D eigenvalue weighted by molar-refractivity contribution is 6.01. The molecule has 2 aliphatic heterocycles. The van der Waals surface area contributed by atoms with Crippen molar-refractivity contribution in [1.82, 2.24) is 4.90 Å². The van der Waals surface area contributed by atoms with Gasteiger partial charge in [-0.3, -0.25) is 9.59 Å². The number of hydrogen-bond donors (Lipinski definition) is 0. The Morgan fingerprint density at radius 1 is 1.08 bits per heavy atom. The summed E-state index contributed by atoms with van der Waals surface area (Å²) in [5, 5.41) is 0.905. The second kappa shape index (κ2) is 5.46. The van der Waals surface area contributed by atoms with Gasteiger partial charge in [0.1, 0.15) is 16.9 Å². The molecule has 2 aliphatic rings. The average Bonchev–Trinajstić information content (AvgIpc) is 3.25. The smallest absolute Gasteiger partial charge is 0.289 e. The molecule has 5 nitrogen and oxygen atoms in total. The molecule has 0 radical (unpaired) electrons. The topological polar surface area (TPSA) is 59.8 Å². The van der Waals surface area contributed by atoms with E-state index in [1.807, 2.05) is 42.5 Å². The molecule has 1 unspecified atom stereocenters. The molecule has 0 aliphatic carbocycles. The zero-order chi connectivity index (χ0) is 17.7. The predicted octanol–water partition coefficient (Wildman–Crippen LogP) is 3.68. The van der Waals surface area contributed by atoms with Crippen LogP contribution in [0.1, 0.15) is 33.8 Å². The molecule has 1 amide bonds. The molecule has 0 bridgehead atoms. The molecule has 130 valence electrons. The van der Waals surface area contributed by atoms with E-state index in [1.54, 1.807) is 17.0 Å². The van der Waals surface area contributed by atoms with E-state index in [0.29, 0.717) is 48.6 Å². The number of para-hydroxylation sites is 2. The van der Waals surface area contributed by atoms with Gasteiger partial charge in [0.15, 0.2) is 11.5 Å². The minimum Gasteiger partial charge on any atom is -0.484 e. The third kappa shape index (κ3) is 2.31. The summed E-state index contributed by atoms with van der Waals surface area (Å²) >= 11 is 0. The summed E-state index contributed by atoms with van der Waals surface area (Å²) in [7, 11) is 0. The van der Waals surface area contributed by atoms with Crippen molar-refractivity contribution in [1.29, 1.82) is 0 Å². The number of ketones is 1. The molecule has 26 heavy (non-hydrogen) atoms. The van der Waals surface area contributed by atoms with Gasteiger partial charge in [0, 0.05) is 18.4 Å². The minimum absolute atomic E-state index is 0.0740. The van der Waals surface area contributed by atoms with Gasteiger partial charge in [0.05, 0.1) is 18.5 Å². The summed E-state index contributed by atoms with van der Waals surface area (Å²) in [5.74, 6) is 0.852. The molecule has 2 aromatic carbocycles. The number of likely N-dealkylation sites (tertiary alicyclic amines) is 1. The van der Waals surface area contributed by atoms with E-state index >= 15 is 0 Å². The zero-order valence-electron chi connectivity index (χ0n) is 14.1. The van der Waals surface area contributed by atoms with Gasteiger partial charge in [-0.2, -0.15) is 0 Å². The second-order valence-electron chi connectivity index (χ2n) is 7.01. The van der Waals surface area contributed by atoms with E-state index in [2.05, 4.69) is 0 Å². The predicted molar refractivity (Wildman–Crippen MR) is 95.5 cm³/mol. The summed E-state index contributed by atoms with van der Waals surface area (Å²) in [6.07, 6.45) is 0.937. The van der Waals surface area contributed by atoms with Gasteiger partial charge in [0.25, 0.3) is 5.91 Å². The van der Waals surface area contributed by atoms with Crippen LogP contribution in [-0.4, -0.2) is 35.3 Å². The summed E-state index contributed by atoms with van der Waals surface area (Å²) in [6.45, 7) is 0.939. The van der Waals surface area contributed by atoms with Crippen LogP contribution in [0.3, 0.4) is 0 Å². The van der Waals surface area contributed by atoms with E-state index in [0.717, 1.165) is 5.39 Å². The molecule has 1 fully saturated rings. The van der Waals surface area contributed by atoms with Crippen LogP contribution < -0.4 is 4.74 Å². The molecule has 5 heteroatoms. The minimum atomic E-state index is -0.632. The highest BCUT2D eigenvalue weighted by atomic mass is 16.5. The standard InChI is InChI=1S/C21H17NO4/c23-16-12-21(26-18-8-4-2-6-15(16)18)9-10-22(13-21)20(24)19-11-14-5-1-3-7-17(14)25-19/h1-8,11H,9-10,12-13H2. The number of fused-ring (bicyclic) bond motifs is 2. The molecule has 1 saturated heterocycles. The number of ether oxygens (including phenoxy) is 1. The van der Waals surface area contributed by atoms with Gasteiger partial charge in [-0.05, 0) is 24.3 Å². The third-order valence-corrected chi connectivity index (χ3v) is 5.24. The van der Waals surface area contributed by atoms with Crippen molar-refractivity contribution in [3.05, 3.63) is 65.9 Å². The molecular formula is C21H17NO4. The van der Waals surface area contributed by atoms with Crippen LogP contribution in [0, 0.1) is 0 Å². The van der Waals surface area contributed by atoms with Gasteiger partial charge in [0.2, 0.25) is 0 Å². The van der Waals surface area contributed by atoms with Crippen molar-refractivity contribution in [3.63, 3.8) is 0 Å². The van der Waals surface area contributed by atoms with Crippen molar-refractivity contribution in [2.24, 2.45) is 0 Å². The first-order valence-corrected chi connectivity index (χ1v) is 8.73. The molecule has 1 atom stereocenters. The number of carbonyl (C=O) groups excluding carboxylic acids is 2. The highest BCUT2D eigenvalue weighted by Gasteiger charge is 2.47. The lowest BCUT2D eigenvalue weighted by Crippen LogP contribution is -2.45. The SMILES string of the molecule is O=C1CC2(CCN(C(=O)c3cc4ccccc4o3)C2)Oc2ccccc21. The van der Waals surface area contributed by atoms with Crippen LogP contribution in [0.4, 0.5) is 0 Å². The van der Waals surface area contributed by atoms with Crippen LogP contribution in [0.25, 0.3) is 11.0 Å². The van der Waals surface area contributed by atoms with Gasteiger partial charge >= 0.3 is 0 Å². The van der Waals surface area contributed by atoms with E-state index in [9.17, 15) is 9.59 Å². The van der Waals surface area contributed by atoms with Gasteiger partial charge in [-0.1, -0.05) is 30.3 Å². The average molecular weight is 347 g/mol. The molecule has 0 saturated carbocycles. The number of nitrogens with zero attached hydrogens (tertiary/aromatic N) is 1. The number of Topliss-reactive ketones (excluding diaryl/α,β-unsaturated/α-hetero) is 1. The number of carbonyl (C=O) groups is 2. The molecule has 3 heterocycles. The Kier molecular flexibility index (Phi) is 3.19. The fourth-order valence-electron chi connectivity index (χ4n) is 3.93. The van der Waals surface area contributed by atoms with Gasteiger partial charge in [-0.25, -0.2) is 0 Å². The van der Waals surface area contributed by atoms with Crippen molar-refractivity contribution >= 4 is 22.7 Å². The number of hydrogen-bond acceptors (Lipinski definition) is 4. The van der Waals surface area contributed by atoms with E-state index < -0.39 is 5.60 Å². The van der Waals surface area contributed by atoms with Gasteiger partial charge < -0.3 is 14.1 Å². The summed E-state index contributed by atoms with van der Waals surface area (Å²) in [6, 6.07) is 16.6. The van der Waals surface area contributed by atoms with Crippen LogP contribution in [0.15, 0.2) is 59.0 Å². The lowest BCUT2D eigenvalue weighted by atomic mass is 9.89. The van der Waals surface area contributed by atoms with Crippen LogP contribution >= 0.6 is 0 Å². The largest absolute Gasteiger partial charge is 0.484 e. The third-order valence-electron chi connectivity index (χ3n) is 5.24. The normalized spacial score (nSPS) is 21.8. The maximum atomic E-state index is 12.9. The first-order chi connectivity index (χ1) is 12.6. The Morgan fingerprint density at radius 3 is 2.77 bits per heavy atom. The van der Waals surface area contributed by atoms with Crippen molar-refractivity contribution in [3.8, 4) is 5.75 Å². The second-order valence-corrected chi connectivity index (χ2v) is 7.01. The first kappa shape index (κ1) is 15.2. The summed E-state index contributed by atoms with van der Waals surface area (Å²) < 4.78 is 11.9. The molecular weight excluding hydrogens is 330 g/mol. The zero-order valence-corrected chi connectivity index (χ0v) is 14.1. The fourth-order valence-corrected chi connectivity index (χ4v) is 3.93. The van der Waals surface area contributed by atoms with E-state index in [1.165, 1.54) is 0 Å². The number of benzene rings is 2. The maximum absolute atomic E-state index is 12.9. The molecule has 3 aromatic rings. The van der Waals surface area contributed by atoms with Gasteiger partial charge in [-0.15, -0.1) is 0 Å². The molecule has 5 rings (SSSR count). The number of rotatable bonds is 1. The van der Waals surface area contributed by atoms with Crippen LogP contribution in [0.2, 0.25) is 0 Å². The molecule has 1 spiro atoms. The summed E-state index contributed by atoms with van der Waals surface area (Å²) in [5.41, 5.74) is 0.690. The van der Waals surface area contributed by atoms with E-state index in [-0.39, 0.29) is 11.7 Å². The lowest BCUT2D eigenvalue weighted by molar-refractivity contribution is 0.0422. The quantitative estimate of drug-likeness (QED) is 0.674. The molecule has 0 N–H and O–H groups in total. The molecule has 1 aromatic heterocycles. The Labute approximate surface area is 150 Å². The maximum Gasteiger partial charge on any atom is 0.289 e. The lowest BCUT2D eigenvalue weighted by Gasteiger charge is -2.34. The van der Waals surface area contributed by atoms with Crippen molar-refractivity contribution in [2.45, 2.75) is 18.4 Å². The number of amides is 1. The van der Waals surface area contributed by atoms with E-state index in [4.69, 9.17) is 9.15 Å². The summed E-state index contributed by atoms with van der Waals surface area (Å²) in [4.78, 5) is 27.1. The fraction of sp³-hybridized carbons (Fsp3) is 0.238. The monoisotopic (exact) mass is 347 g/mol. The van der Waals surface area contributed by atoms with Crippen molar-refractivity contribution < 1.29 is 18.7 Å². The Morgan fingerprint density at radius 2 is 1.88 bits per heavy atom. The first-order valence-electron chi connectivity index (χ1n) is 8.73. The van der Waals surface area contributed by atoms with Crippen molar-refractivity contribution in [2.75, 3.05) is 13.1 Å². The van der Waals surface area contributed by atoms with Crippen LogP contribution in [-0.2, 0) is 0 Å². The van der Waals surface area contributed by atoms with Crippen LogP contribution in [0.5, 0.6) is 5.75 Å². The Hall–Kier alpha value is -3.08. The Balaban J connectivity index is 1.40. The highest BCUT2D eigenvalue weighted by Crippen LogP contribution is 2.39. The number of furan rings is 1.